The third kappa shape index (κ3) is 6.11. The highest BCUT2D eigenvalue weighted by Crippen LogP contribution is 2.36. The summed E-state index contributed by atoms with van der Waals surface area (Å²) in [5.74, 6) is 2.26. The van der Waals surface area contributed by atoms with E-state index in [1.54, 1.807) is 7.11 Å². The minimum absolute atomic E-state index is 0. The van der Waals surface area contributed by atoms with Gasteiger partial charge in [0.25, 0.3) is 0 Å². The van der Waals surface area contributed by atoms with Crippen LogP contribution < -0.4 is 10.1 Å². The van der Waals surface area contributed by atoms with Crippen LogP contribution in [0.1, 0.15) is 57.2 Å². The SMILES string of the molecule is COc1ccc(C(C)C)cc1[C@H](CC(C)C)N1CCNCC1.Cl.Cl. The van der Waals surface area contributed by atoms with Crippen LogP contribution in [-0.2, 0) is 0 Å². The molecule has 0 bridgehead atoms. The van der Waals surface area contributed by atoms with Crippen molar-refractivity contribution in [1.29, 1.82) is 0 Å². The first-order valence-corrected chi connectivity index (χ1v) is 8.65. The Morgan fingerprint density at radius 3 is 2.21 bits per heavy atom. The van der Waals surface area contributed by atoms with Crippen LogP contribution in [0.5, 0.6) is 5.75 Å². The molecule has 1 aromatic carbocycles. The quantitative estimate of drug-likeness (QED) is 0.781. The molecule has 1 aliphatic rings. The second-order valence-electron chi connectivity index (χ2n) is 7.09. The molecule has 1 saturated heterocycles. The van der Waals surface area contributed by atoms with Gasteiger partial charge in [0.15, 0.2) is 0 Å². The molecule has 0 unspecified atom stereocenters. The zero-order chi connectivity index (χ0) is 16.1. The summed E-state index contributed by atoms with van der Waals surface area (Å²) in [6, 6.07) is 7.19. The maximum atomic E-state index is 5.69. The molecule has 0 saturated carbocycles. The van der Waals surface area contributed by atoms with Crippen molar-refractivity contribution in [1.82, 2.24) is 10.2 Å². The maximum absolute atomic E-state index is 5.69. The lowest BCUT2D eigenvalue weighted by molar-refractivity contribution is 0.151. The minimum Gasteiger partial charge on any atom is -0.496 e. The number of rotatable bonds is 6. The Kier molecular flexibility index (Phi) is 11.0. The molecule has 140 valence electrons. The van der Waals surface area contributed by atoms with Gasteiger partial charge in [-0.15, -0.1) is 24.8 Å². The molecule has 1 N–H and O–H groups in total. The standard InChI is InChI=1S/C19H32N2O.2ClH/c1-14(2)12-18(21-10-8-20-9-11-21)17-13-16(15(3)4)6-7-19(17)22-5;;/h6-7,13-15,18,20H,8-12H2,1-5H3;2*1H/t18-;;/m0../s1. The number of halogens is 2. The third-order valence-electron chi connectivity index (χ3n) is 4.57. The molecule has 1 aromatic rings. The van der Waals surface area contributed by atoms with E-state index in [1.165, 1.54) is 17.5 Å². The van der Waals surface area contributed by atoms with Crippen molar-refractivity contribution in [3.8, 4) is 5.75 Å². The molecule has 1 heterocycles. The van der Waals surface area contributed by atoms with Crippen molar-refractivity contribution in [3.63, 3.8) is 0 Å². The molecule has 24 heavy (non-hydrogen) atoms. The molecule has 1 aliphatic heterocycles. The molecule has 0 spiro atoms. The lowest BCUT2D eigenvalue weighted by Gasteiger charge is -2.37. The molecule has 5 heteroatoms. The molecule has 0 aromatic heterocycles. The van der Waals surface area contributed by atoms with Gasteiger partial charge in [0.1, 0.15) is 5.75 Å². The van der Waals surface area contributed by atoms with Gasteiger partial charge in [-0.05, 0) is 29.9 Å². The zero-order valence-electron chi connectivity index (χ0n) is 15.7. The molecule has 0 aliphatic carbocycles. The van der Waals surface area contributed by atoms with E-state index in [1.807, 2.05) is 0 Å². The van der Waals surface area contributed by atoms with Crippen molar-refractivity contribution in [2.24, 2.45) is 5.92 Å². The van der Waals surface area contributed by atoms with Gasteiger partial charge in [0.2, 0.25) is 0 Å². The van der Waals surface area contributed by atoms with Crippen LogP contribution in [0, 0.1) is 5.92 Å². The summed E-state index contributed by atoms with van der Waals surface area (Å²) in [5, 5.41) is 3.46. The summed E-state index contributed by atoms with van der Waals surface area (Å²) in [6.45, 7) is 13.5. The van der Waals surface area contributed by atoms with Crippen LogP contribution in [0.3, 0.4) is 0 Å². The number of piperazine rings is 1. The number of benzene rings is 1. The lowest BCUT2D eigenvalue weighted by Crippen LogP contribution is -2.45. The van der Waals surface area contributed by atoms with Crippen molar-refractivity contribution >= 4 is 24.8 Å². The van der Waals surface area contributed by atoms with Gasteiger partial charge in [-0.1, -0.05) is 39.8 Å². The maximum Gasteiger partial charge on any atom is 0.123 e. The second-order valence-corrected chi connectivity index (χ2v) is 7.09. The van der Waals surface area contributed by atoms with Crippen molar-refractivity contribution in [2.75, 3.05) is 33.3 Å². The highest BCUT2D eigenvalue weighted by atomic mass is 35.5. The van der Waals surface area contributed by atoms with Gasteiger partial charge in [0.05, 0.1) is 7.11 Å². The predicted octanol–water partition coefficient (Wildman–Crippen LogP) is 4.65. The molecular formula is C19H34Cl2N2O. The van der Waals surface area contributed by atoms with E-state index in [2.05, 4.69) is 56.1 Å². The second kappa shape index (κ2) is 11.2. The summed E-state index contributed by atoms with van der Waals surface area (Å²) >= 11 is 0. The van der Waals surface area contributed by atoms with Gasteiger partial charge < -0.3 is 10.1 Å². The molecular weight excluding hydrogens is 343 g/mol. The molecule has 1 atom stereocenters. The van der Waals surface area contributed by atoms with Gasteiger partial charge in [-0.3, -0.25) is 4.90 Å². The number of hydrogen-bond acceptors (Lipinski definition) is 3. The van der Waals surface area contributed by atoms with Crippen LogP contribution in [0.2, 0.25) is 0 Å². The summed E-state index contributed by atoms with van der Waals surface area (Å²) < 4.78 is 5.69. The van der Waals surface area contributed by atoms with Gasteiger partial charge in [-0.2, -0.15) is 0 Å². The van der Waals surface area contributed by atoms with Crippen LogP contribution in [-0.4, -0.2) is 38.2 Å². The van der Waals surface area contributed by atoms with Gasteiger partial charge >= 0.3 is 0 Å². The van der Waals surface area contributed by atoms with Gasteiger partial charge in [-0.25, -0.2) is 0 Å². The summed E-state index contributed by atoms with van der Waals surface area (Å²) in [4.78, 5) is 2.62. The van der Waals surface area contributed by atoms with Crippen LogP contribution >= 0.6 is 24.8 Å². The van der Waals surface area contributed by atoms with Gasteiger partial charge in [0, 0.05) is 37.8 Å². The summed E-state index contributed by atoms with van der Waals surface area (Å²) in [7, 11) is 1.79. The van der Waals surface area contributed by atoms with Crippen LogP contribution in [0.15, 0.2) is 18.2 Å². The monoisotopic (exact) mass is 376 g/mol. The summed E-state index contributed by atoms with van der Waals surface area (Å²) in [6.07, 6.45) is 1.18. The highest BCUT2D eigenvalue weighted by Gasteiger charge is 2.26. The van der Waals surface area contributed by atoms with E-state index < -0.39 is 0 Å². The molecule has 1 fully saturated rings. The van der Waals surface area contributed by atoms with Crippen LogP contribution in [0.25, 0.3) is 0 Å². The van der Waals surface area contributed by atoms with Crippen molar-refractivity contribution < 1.29 is 4.74 Å². The average molecular weight is 377 g/mol. The van der Waals surface area contributed by atoms with E-state index in [4.69, 9.17) is 4.74 Å². The Morgan fingerprint density at radius 1 is 1.08 bits per heavy atom. The van der Waals surface area contributed by atoms with E-state index in [-0.39, 0.29) is 24.8 Å². The average Bonchev–Trinajstić information content (AvgIpc) is 2.52. The number of hydrogen-bond donors (Lipinski definition) is 1. The third-order valence-corrected chi connectivity index (χ3v) is 4.57. The Balaban J connectivity index is 0.00000264. The number of ether oxygens (including phenoxy) is 1. The van der Waals surface area contributed by atoms with Crippen molar-refractivity contribution in [2.45, 2.75) is 46.1 Å². The van der Waals surface area contributed by atoms with E-state index in [0.717, 1.165) is 31.9 Å². The Labute approximate surface area is 160 Å². The highest BCUT2D eigenvalue weighted by molar-refractivity contribution is 5.85. The topological polar surface area (TPSA) is 24.5 Å². The smallest absolute Gasteiger partial charge is 0.123 e. The first-order valence-electron chi connectivity index (χ1n) is 8.65. The van der Waals surface area contributed by atoms with E-state index >= 15 is 0 Å². The number of nitrogens with zero attached hydrogens (tertiary/aromatic N) is 1. The molecule has 0 amide bonds. The van der Waals surface area contributed by atoms with Crippen molar-refractivity contribution in [3.05, 3.63) is 29.3 Å². The normalized spacial score (nSPS) is 16.5. The van der Waals surface area contributed by atoms with E-state index in [0.29, 0.717) is 17.9 Å². The number of methoxy groups -OCH3 is 1. The van der Waals surface area contributed by atoms with E-state index in [9.17, 15) is 0 Å². The first kappa shape index (κ1) is 23.5. The fraction of sp³-hybridized carbons (Fsp3) is 0.684. The lowest BCUT2D eigenvalue weighted by atomic mass is 9.91. The Hall–Kier alpha value is -0.480. The fourth-order valence-corrected chi connectivity index (χ4v) is 3.29. The summed E-state index contributed by atoms with van der Waals surface area (Å²) in [5.41, 5.74) is 2.77. The fourth-order valence-electron chi connectivity index (χ4n) is 3.29. The largest absolute Gasteiger partial charge is 0.496 e. The Bertz CT molecular complexity index is 474. The number of nitrogens with one attached hydrogen (secondary N) is 1. The van der Waals surface area contributed by atoms with Crippen LogP contribution in [0.4, 0.5) is 0 Å². The zero-order valence-corrected chi connectivity index (χ0v) is 17.3. The predicted molar refractivity (Wildman–Crippen MR) is 108 cm³/mol. The minimum atomic E-state index is 0. The molecule has 0 radical (unpaired) electrons. The molecule has 2 rings (SSSR count). The first-order chi connectivity index (χ1) is 10.5. The molecule has 3 nitrogen and oxygen atoms in total. The Morgan fingerprint density at radius 2 is 1.71 bits per heavy atom.